The van der Waals surface area contributed by atoms with E-state index in [-0.39, 0.29) is 11.3 Å². The Hall–Kier alpha value is -0.690. The highest BCUT2D eigenvalue weighted by atomic mass is 32.2. The molecule has 5 nitrogen and oxygen atoms in total. The van der Waals surface area contributed by atoms with Gasteiger partial charge in [0.05, 0.1) is 6.10 Å². The van der Waals surface area contributed by atoms with Crippen LogP contribution < -0.4 is 4.72 Å². The van der Waals surface area contributed by atoms with Crippen LogP contribution in [0.25, 0.3) is 0 Å². The summed E-state index contributed by atoms with van der Waals surface area (Å²) in [5, 5.41) is -0.235. The lowest BCUT2D eigenvalue weighted by molar-refractivity contribution is -0.114. The lowest BCUT2D eigenvalue weighted by atomic mass is 10.5. The minimum Gasteiger partial charge on any atom is -0.468 e. The maximum atomic E-state index is 11.1. The van der Waals surface area contributed by atoms with E-state index < -0.39 is 21.6 Å². The van der Waals surface area contributed by atoms with Gasteiger partial charge in [0.2, 0.25) is 10.0 Å². The molecule has 0 fully saturated rings. The molecule has 0 atom stereocenters. The van der Waals surface area contributed by atoms with Gasteiger partial charge in [0.15, 0.2) is 0 Å². The number of thiocarbonyl (C=S) groups is 1. The fraction of sp³-hybridized carbons (Fsp3) is 0.714. The van der Waals surface area contributed by atoms with Crippen molar-refractivity contribution >= 4 is 33.2 Å². The van der Waals surface area contributed by atoms with E-state index in [9.17, 15) is 13.2 Å². The predicted octanol–water partition coefficient (Wildman–Crippen LogP) is 0.205. The number of carbonyl (C=O) groups is 1. The monoisotopic (exact) mass is 239 g/mol. The number of carbonyl (C=O) groups excluding carboxylic acids is 1. The summed E-state index contributed by atoms with van der Waals surface area (Å²) in [6.07, 6.45) is -0.206. The Balaban J connectivity index is 4.23. The number of ketones is 1. The van der Waals surface area contributed by atoms with Crippen LogP contribution in [0.1, 0.15) is 20.8 Å². The molecule has 0 saturated carbocycles. The van der Waals surface area contributed by atoms with E-state index in [0.29, 0.717) is 0 Å². The third-order valence-corrected chi connectivity index (χ3v) is 2.59. The molecule has 0 aliphatic rings. The molecule has 0 aromatic heterocycles. The second kappa shape index (κ2) is 5.26. The number of Topliss-reactive ketones (excluding diaryl/α,β-unsaturated/α-hetero) is 1. The molecule has 0 radical (unpaired) electrons. The van der Waals surface area contributed by atoms with E-state index in [1.165, 1.54) is 6.92 Å². The van der Waals surface area contributed by atoms with Gasteiger partial charge in [0, 0.05) is 0 Å². The average molecular weight is 239 g/mol. The smallest absolute Gasteiger partial charge is 0.270 e. The molecule has 82 valence electrons. The Bertz CT molecular complexity index is 321. The van der Waals surface area contributed by atoms with E-state index in [2.05, 4.69) is 12.2 Å². The molecule has 0 rings (SSSR count). The van der Waals surface area contributed by atoms with Crippen LogP contribution in [-0.4, -0.2) is 31.2 Å². The third kappa shape index (κ3) is 6.79. The fourth-order valence-corrected chi connectivity index (χ4v) is 2.15. The van der Waals surface area contributed by atoms with Crippen LogP contribution in [0.15, 0.2) is 0 Å². The highest BCUT2D eigenvalue weighted by Gasteiger charge is 2.15. The van der Waals surface area contributed by atoms with Crippen LogP contribution in [0.3, 0.4) is 0 Å². The van der Waals surface area contributed by atoms with E-state index in [4.69, 9.17) is 4.74 Å². The highest BCUT2D eigenvalue weighted by Crippen LogP contribution is 1.92. The van der Waals surface area contributed by atoms with Crippen molar-refractivity contribution < 1.29 is 17.9 Å². The largest absolute Gasteiger partial charge is 0.468 e. The zero-order valence-electron chi connectivity index (χ0n) is 8.23. The number of rotatable bonds is 4. The molecule has 0 saturated heterocycles. The summed E-state index contributed by atoms with van der Waals surface area (Å²) in [4.78, 5) is 10.6. The standard InChI is InChI=1S/C7H13NO4S2/c1-5(2)12-7(13)8-14(10,11)4-6(3)9/h5H,4H2,1-3H3,(H,8,13). The van der Waals surface area contributed by atoms with Crippen molar-refractivity contribution in [1.82, 2.24) is 4.72 Å². The Morgan fingerprint density at radius 3 is 2.36 bits per heavy atom. The summed E-state index contributed by atoms with van der Waals surface area (Å²) in [6, 6.07) is 0. The Morgan fingerprint density at radius 1 is 1.50 bits per heavy atom. The lowest BCUT2D eigenvalue weighted by Gasteiger charge is -2.11. The van der Waals surface area contributed by atoms with Gasteiger partial charge in [-0.05, 0) is 33.0 Å². The molecule has 1 N–H and O–H groups in total. The Labute approximate surface area is 88.9 Å². The zero-order chi connectivity index (χ0) is 11.4. The first-order valence-corrected chi connectivity index (χ1v) is 5.99. The van der Waals surface area contributed by atoms with Crippen LogP contribution in [0.5, 0.6) is 0 Å². The lowest BCUT2D eigenvalue weighted by Crippen LogP contribution is -2.35. The summed E-state index contributed by atoms with van der Waals surface area (Å²) >= 11 is 4.61. The first-order chi connectivity index (χ1) is 6.23. The van der Waals surface area contributed by atoms with Crippen molar-refractivity contribution in [2.45, 2.75) is 26.9 Å². The predicted molar refractivity (Wildman–Crippen MR) is 56.4 cm³/mol. The topological polar surface area (TPSA) is 72.5 Å². The van der Waals surface area contributed by atoms with Crippen molar-refractivity contribution in [1.29, 1.82) is 0 Å². The van der Waals surface area contributed by atoms with Crippen molar-refractivity contribution in [3.63, 3.8) is 0 Å². The van der Waals surface area contributed by atoms with Gasteiger partial charge in [-0.15, -0.1) is 0 Å². The second-order valence-corrected chi connectivity index (χ2v) is 5.11. The molecular formula is C7H13NO4S2. The molecular weight excluding hydrogens is 226 g/mol. The Morgan fingerprint density at radius 2 is 2.00 bits per heavy atom. The number of hydrogen-bond acceptors (Lipinski definition) is 5. The fourth-order valence-electron chi connectivity index (χ4n) is 0.669. The van der Waals surface area contributed by atoms with Crippen LogP contribution in [0, 0.1) is 0 Å². The Kier molecular flexibility index (Phi) is 5.00. The first-order valence-electron chi connectivity index (χ1n) is 3.93. The molecule has 7 heteroatoms. The van der Waals surface area contributed by atoms with E-state index in [0.717, 1.165) is 0 Å². The van der Waals surface area contributed by atoms with Gasteiger partial charge in [0.25, 0.3) is 5.17 Å². The molecule has 0 aromatic rings. The average Bonchev–Trinajstić information content (AvgIpc) is 1.77. The summed E-state index contributed by atoms with van der Waals surface area (Å²) in [6.45, 7) is 4.61. The van der Waals surface area contributed by atoms with Crippen molar-refractivity contribution in [3.8, 4) is 0 Å². The number of nitrogens with one attached hydrogen (secondary N) is 1. The third-order valence-electron chi connectivity index (χ3n) is 0.975. The molecule has 0 unspecified atom stereocenters. The molecule has 0 aromatic carbocycles. The van der Waals surface area contributed by atoms with Gasteiger partial charge in [-0.3, -0.25) is 4.79 Å². The van der Waals surface area contributed by atoms with Crippen LogP contribution in [0.4, 0.5) is 0 Å². The van der Waals surface area contributed by atoms with Crippen LogP contribution in [0.2, 0.25) is 0 Å². The minimum absolute atomic E-state index is 0.206. The van der Waals surface area contributed by atoms with Crippen molar-refractivity contribution in [3.05, 3.63) is 0 Å². The van der Waals surface area contributed by atoms with Gasteiger partial charge in [-0.2, -0.15) is 0 Å². The quantitative estimate of drug-likeness (QED) is 0.710. The highest BCUT2D eigenvalue weighted by molar-refractivity contribution is 7.92. The van der Waals surface area contributed by atoms with E-state index in [1.54, 1.807) is 13.8 Å². The molecule has 0 amide bonds. The first kappa shape index (κ1) is 13.3. The maximum absolute atomic E-state index is 11.1. The van der Waals surface area contributed by atoms with Gasteiger partial charge in [0.1, 0.15) is 11.5 Å². The molecule has 0 spiro atoms. The van der Waals surface area contributed by atoms with Crippen LogP contribution >= 0.6 is 12.2 Å². The minimum atomic E-state index is -3.69. The summed E-state index contributed by atoms with van der Waals surface area (Å²) < 4.78 is 29.1. The van der Waals surface area contributed by atoms with Crippen molar-refractivity contribution in [2.75, 3.05) is 5.75 Å². The number of hydrogen-bond donors (Lipinski definition) is 1. The molecule has 0 bridgehead atoms. The van der Waals surface area contributed by atoms with Crippen LogP contribution in [-0.2, 0) is 19.6 Å². The van der Waals surface area contributed by atoms with Gasteiger partial charge in [-0.25, -0.2) is 13.1 Å². The van der Waals surface area contributed by atoms with E-state index in [1.807, 2.05) is 4.72 Å². The van der Waals surface area contributed by atoms with Crippen molar-refractivity contribution in [2.24, 2.45) is 0 Å². The summed E-state index contributed by atoms with van der Waals surface area (Å²) in [5.74, 6) is -1.04. The molecule has 0 aliphatic carbocycles. The number of ether oxygens (including phenoxy) is 1. The van der Waals surface area contributed by atoms with Gasteiger partial charge >= 0.3 is 0 Å². The molecule has 0 heterocycles. The zero-order valence-corrected chi connectivity index (χ0v) is 9.87. The summed E-state index contributed by atoms with van der Waals surface area (Å²) in [7, 11) is -3.69. The molecule has 0 aliphatic heterocycles. The number of sulfonamides is 1. The second-order valence-electron chi connectivity index (χ2n) is 3.02. The van der Waals surface area contributed by atoms with E-state index >= 15 is 0 Å². The molecule has 14 heavy (non-hydrogen) atoms. The normalized spacial score (nSPS) is 11.1. The van der Waals surface area contributed by atoms with Gasteiger partial charge in [-0.1, -0.05) is 0 Å². The van der Waals surface area contributed by atoms with Gasteiger partial charge < -0.3 is 4.74 Å². The maximum Gasteiger partial charge on any atom is 0.270 e. The SMILES string of the molecule is CC(=O)CS(=O)(=O)NC(=S)OC(C)C. The summed E-state index contributed by atoms with van der Waals surface area (Å²) in [5.41, 5.74) is 0.